The van der Waals surface area contributed by atoms with E-state index in [-0.39, 0.29) is 0 Å². The van der Waals surface area contributed by atoms with E-state index in [9.17, 15) is 0 Å². The molecule has 1 heterocycles. The van der Waals surface area contributed by atoms with Gasteiger partial charge in [-0.25, -0.2) is 0 Å². The van der Waals surface area contributed by atoms with E-state index in [1.165, 1.54) is 5.69 Å². The van der Waals surface area contributed by atoms with Gasteiger partial charge in [-0.15, -0.1) is 0 Å². The molecule has 1 N–H and O–H groups in total. The van der Waals surface area contributed by atoms with Crippen molar-refractivity contribution in [2.24, 2.45) is 0 Å². The topological polar surface area (TPSA) is 26.1 Å². The van der Waals surface area contributed by atoms with Gasteiger partial charge >= 0.3 is 0 Å². The number of benzene rings is 1. The summed E-state index contributed by atoms with van der Waals surface area (Å²) in [5.41, 5.74) is 2.26. The number of hydrogen-bond donors (Lipinski definition) is 1. The molecule has 2 rings (SSSR count). The van der Waals surface area contributed by atoms with Crippen molar-refractivity contribution >= 4 is 11.4 Å². The first-order valence-corrected chi connectivity index (χ1v) is 3.96. The molecule has 0 aromatic heterocycles. The lowest BCUT2D eigenvalue weighted by molar-refractivity contribution is 0.658. The summed E-state index contributed by atoms with van der Waals surface area (Å²) in [6.45, 7) is 2.13. The SMILES string of the molecule is CCC1[N]c2ccccc2N1. The first-order chi connectivity index (χ1) is 5.40. The fourth-order valence-corrected chi connectivity index (χ4v) is 1.28. The van der Waals surface area contributed by atoms with Gasteiger partial charge in [0.25, 0.3) is 0 Å². The second kappa shape index (κ2) is 2.46. The lowest BCUT2D eigenvalue weighted by Crippen LogP contribution is -2.19. The Bertz CT molecular complexity index is 232. The number of fused-ring (bicyclic) bond motifs is 1. The van der Waals surface area contributed by atoms with E-state index in [0.717, 1.165) is 12.1 Å². The summed E-state index contributed by atoms with van der Waals surface area (Å²) in [7, 11) is 0. The summed E-state index contributed by atoms with van der Waals surface area (Å²) in [5, 5.41) is 7.78. The third-order valence-corrected chi connectivity index (χ3v) is 1.91. The molecule has 0 aliphatic carbocycles. The highest BCUT2D eigenvalue weighted by Gasteiger charge is 2.17. The Kier molecular flexibility index (Phi) is 1.46. The molecule has 1 radical (unpaired) electrons. The zero-order chi connectivity index (χ0) is 7.68. The zero-order valence-electron chi connectivity index (χ0n) is 6.54. The van der Waals surface area contributed by atoms with Gasteiger partial charge in [0.15, 0.2) is 0 Å². The van der Waals surface area contributed by atoms with E-state index in [2.05, 4.69) is 23.6 Å². The molecule has 57 valence electrons. The number of rotatable bonds is 1. The molecule has 1 aromatic rings. The van der Waals surface area contributed by atoms with Crippen LogP contribution in [0.15, 0.2) is 24.3 Å². The van der Waals surface area contributed by atoms with E-state index in [0.29, 0.717) is 6.17 Å². The summed E-state index contributed by atoms with van der Waals surface area (Å²) in [6, 6.07) is 8.15. The number of anilines is 1. The second-order valence-corrected chi connectivity index (χ2v) is 2.71. The Labute approximate surface area is 66.6 Å². The summed E-state index contributed by atoms with van der Waals surface area (Å²) in [4.78, 5) is 0. The highest BCUT2D eigenvalue weighted by Crippen LogP contribution is 2.28. The van der Waals surface area contributed by atoms with Gasteiger partial charge in [0, 0.05) is 0 Å². The standard InChI is InChI=1S/C9H11N2/c1-2-9-10-7-5-3-4-6-8(7)11-9/h3-6,9-10H,2H2,1H3. The van der Waals surface area contributed by atoms with Crippen LogP contribution in [-0.4, -0.2) is 6.17 Å². The van der Waals surface area contributed by atoms with Crippen LogP contribution < -0.4 is 10.6 Å². The van der Waals surface area contributed by atoms with Crippen LogP contribution in [0.25, 0.3) is 0 Å². The maximum atomic E-state index is 4.46. The third-order valence-electron chi connectivity index (χ3n) is 1.91. The summed E-state index contributed by atoms with van der Waals surface area (Å²) in [6.07, 6.45) is 1.35. The van der Waals surface area contributed by atoms with Crippen LogP contribution in [0.1, 0.15) is 13.3 Å². The maximum Gasteiger partial charge on any atom is 0.119 e. The highest BCUT2D eigenvalue weighted by atomic mass is 15.2. The van der Waals surface area contributed by atoms with Gasteiger partial charge in [-0.05, 0) is 18.6 Å². The van der Waals surface area contributed by atoms with Gasteiger partial charge in [0.05, 0.1) is 11.4 Å². The van der Waals surface area contributed by atoms with Crippen LogP contribution in [0.4, 0.5) is 11.4 Å². The quantitative estimate of drug-likeness (QED) is 0.646. The van der Waals surface area contributed by atoms with Gasteiger partial charge in [-0.1, -0.05) is 19.1 Å². The lowest BCUT2D eigenvalue weighted by atomic mass is 10.3. The van der Waals surface area contributed by atoms with Crippen molar-refractivity contribution < 1.29 is 0 Å². The average molecular weight is 147 g/mol. The Hall–Kier alpha value is -1.18. The lowest BCUT2D eigenvalue weighted by Gasteiger charge is -2.04. The van der Waals surface area contributed by atoms with E-state index in [1.807, 2.05) is 18.2 Å². The molecule has 1 aromatic carbocycles. The third kappa shape index (κ3) is 1.04. The molecular weight excluding hydrogens is 136 g/mol. The molecule has 0 saturated heterocycles. The average Bonchev–Trinajstić information content (AvgIpc) is 2.46. The van der Waals surface area contributed by atoms with E-state index in [1.54, 1.807) is 0 Å². The molecule has 1 aliphatic heterocycles. The van der Waals surface area contributed by atoms with E-state index >= 15 is 0 Å². The fraction of sp³-hybridized carbons (Fsp3) is 0.333. The van der Waals surface area contributed by atoms with Gasteiger partial charge < -0.3 is 5.32 Å². The molecule has 0 fully saturated rings. The van der Waals surface area contributed by atoms with Crippen molar-refractivity contribution in [1.29, 1.82) is 0 Å². The van der Waals surface area contributed by atoms with Crippen LogP contribution in [0.3, 0.4) is 0 Å². The molecule has 0 saturated carbocycles. The number of nitrogens with one attached hydrogen (secondary N) is 1. The van der Waals surface area contributed by atoms with Crippen LogP contribution in [-0.2, 0) is 0 Å². The first kappa shape index (κ1) is 6.53. The van der Waals surface area contributed by atoms with Gasteiger partial charge in [-0.2, -0.15) is 0 Å². The highest BCUT2D eigenvalue weighted by molar-refractivity contribution is 5.68. The van der Waals surface area contributed by atoms with Crippen LogP contribution in [0.5, 0.6) is 0 Å². The molecule has 0 spiro atoms. The number of para-hydroxylation sites is 2. The minimum absolute atomic E-state index is 0.299. The van der Waals surface area contributed by atoms with E-state index < -0.39 is 0 Å². The van der Waals surface area contributed by atoms with Crippen LogP contribution in [0.2, 0.25) is 0 Å². The monoisotopic (exact) mass is 147 g/mol. The zero-order valence-corrected chi connectivity index (χ0v) is 6.54. The number of hydrogen-bond acceptors (Lipinski definition) is 1. The van der Waals surface area contributed by atoms with Gasteiger partial charge in [0.1, 0.15) is 6.17 Å². The first-order valence-electron chi connectivity index (χ1n) is 3.96. The Morgan fingerprint density at radius 1 is 1.45 bits per heavy atom. The summed E-state index contributed by atoms with van der Waals surface area (Å²) < 4.78 is 0. The fourth-order valence-electron chi connectivity index (χ4n) is 1.28. The minimum Gasteiger partial charge on any atom is -0.362 e. The Morgan fingerprint density at radius 2 is 2.27 bits per heavy atom. The molecular formula is C9H11N2. The van der Waals surface area contributed by atoms with Crippen molar-refractivity contribution in [2.75, 3.05) is 5.32 Å². The molecule has 1 unspecified atom stereocenters. The largest absolute Gasteiger partial charge is 0.362 e. The molecule has 11 heavy (non-hydrogen) atoms. The summed E-state index contributed by atoms with van der Waals surface area (Å²) in [5.74, 6) is 0. The Balaban J connectivity index is 2.27. The van der Waals surface area contributed by atoms with Crippen molar-refractivity contribution in [2.45, 2.75) is 19.5 Å². The molecule has 1 atom stereocenters. The molecule has 0 amide bonds. The number of nitrogens with zero attached hydrogens (tertiary/aromatic N) is 1. The van der Waals surface area contributed by atoms with Gasteiger partial charge in [-0.3, -0.25) is 5.32 Å². The Morgan fingerprint density at radius 3 is 3.00 bits per heavy atom. The van der Waals surface area contributed by atoms with Crippen molar-refractivity contribution in [3.63, 3.8) is 0 Å². The molecule has 1 aliphatic rings. The summed E-state index contributed by atoms with van der Waals surface area (Å²) >= 11 is 0. The van der Waals surface area contributed by atoms with Crippen LogP contribution in [0, 0.1) is 0 Å². The van der Waals surface area contributed by atoms with Crippen molar-refractivity contribution in [3.05, 3.63) is 24.3 Å². The minimum atomic E-state index is 0.299. The molecule has 0 bridgehead atoms. The predicted molar refractivity (Wildman–Crippen MR) is 45.9 cm³/mol. The second-order valence-electron chi connectivity index (χ2n) is 2.71. The van der Waals surface area contributed by atoms with E-state index in [4.69, 9.17) is 0 Å². The predicted octanol–water partition coefficient (Wildman–Crippen LogP) is 2.08. The van der Waals surface area contributed by atoms with Crippen LogP contribution >= 0.6 is 0 Å². The molecule has 2 nitrogen and oxygen atoms in total. The smallest absolute Gasteiger partial charge is 0.119 e. The maximum absolute atomic E-state index is 4.46. The van der Waals surface area contributed by atoms with Crippen molar-refractivity contribution in [1.82, 2.24) is 5.32 Å². The van der Waals surface area contributed by atoms with Crippen molar-refractivity contribution in [3.8, 4) is 0 Å². The van der Waals surface area contributed by atoms with Gasteiger partial charge in [0.2, 0.25) is 0 Å². The molecule has 2 heteroatoms. The normalized spacial score (nSPS) is 15.4.